The first kappa shape index (κ1) is 13.2. The van der Waals surface area contributed by atoms with E-state index < -0.39 is 23.5 Å². The lowest BCUT2D eigenvalue weighted by Gasteiger charge is -2.26. The number of rotatable bonds is 2. The molecule has 0 radical (unpaired) electrons. The van der Waals surface area contributed by atoms with Crippen LogP contribution >= 0.6 is 0 Å². The quantitative estimate of drug-likeness (QED) is 0.628. The Labute approximate surface area is 126 Å². The van der Waals surface area contributed by atoms with Crippen molar-refractivity contribution in [2.75, 3.05) is 11.5 Å². The maximum Gasteiger partial charge on any atom is 0.241 e. The van der Waals surface area contributed by atoms with E-state index in [2.05, 4.69) is 0 Å². The van der Waals surface area contributed by atoms with Gasteiger partial charge < -0.3 is 9.84 Å². The van der Waals surface area contributed by atoms with E-state index in [4.69, 9.17) is 10.00 Å². The maximum absolute atomic E-state index is 12.7. The molecule has 4 rings (SSSR count). The second-order valence-electron chi connectivity index (χ2n) is 5.73. The van der Waals surface area contributed by atoms with Gasteiger partial charge in [0.15, 0.2) is 0 Å². The van der Waals surface area contributed by atoms with Crippen molar-refractivity contribution in [3.63, 3.8) is 0 Å². The van der Waals surface area contributed by atoms with Gasteiger partial charge in [-0.05, 0) is 24.3 Å². The van der Waals surface area contributed by atoms with Crippen LogP contribution in [0.15, 0.2) is 36.4 Å². The molecule has 2 fully saturated rings. The Bertz CT molecular complexity index is 748. The Morgan fingerprint density at radius 3 is 2.64 bits per heavy atom. The highest BCUT2D eigenvalue weighted by molar-refractivity contribution is 6.23. The third kappa shape index (κ3) is 1.44. The summed E-state index contributed by atoms with van der Waals surface area (Å²) < 4.78 is 5.67. The Morgan fingerprint density at radius 1 is 1.27 bits per heavy atom. The van der Waals surface area contributed by atoms with Crippen LogP contribution in [0, 0.1) is 23.2 Å². The van der Waals surface area contributed by atoms with E-state index in [9.17, 15) is 14.7 Å². The molecular weight excluding hydrogens is 284 g/mol. The van der Waals surface area contributed by atoms with Crippen molar-refractivity contribution in [1.29, 1.82) is 5.26 Å². The number of amides is 2. The molecule has 3 heterocycles. The highest BCUT2D eigenvalue weighted by Crippen LogP contribution is 2.52. The van der Waals surface area contributed by atoms with Crippen molar-refractivity contribution < 1.29 is 19.4 Å². The first-order valence-electron chi connectivity index (χ1n) is 6.97. The Hall–Kier alpha value is -2.49. The van der Waals surface area contributed by atoms with Gasteiger partial charge >= 0.3 is 0 Å². The average molecular weight is 296 g/mol. The molecule has 22 heavy (non-hydrogen) atoms. The van der Waals surface area contributed by atoms with Crippen molar-refractivity contribution in [2.45, 2.75) is 11.7 Å². The molecule has 0 unspecified atom stereocenters. The number of nitriles is 1. The van der Waals surface area contributed by atoms with Gasteiger partial charge in [0.2, 0.25) is 11.8 Å². The van der Waals surface area contributed by atoms with Gasteiger partial charge in [0.05, 0.1) is 41.9 Å². The minimum absolute atomic E-state index is 0.315. The SMILES string of the molecule is N#Cc1ccc(N2C(=O)[C@@H]3[C@@H](C2=O)[C@]2(CO)C=C[C@H]3O2)cc1. The zero-order chi connectivity index (χ0) is 15.5. The van der Waals surface area contributed by atoms with Crippen LogP contribution < -0.4 is 4.90 Å². The van der Waals surface area contributed by atoms with E-state index in [0.29, 0.717) is 11.3 Å². The van der Waals surface area contributed by atoms with Gasteiger partial charge in [0.1, 0.15) is 5.60 Å². The number of fused-ring (bicyclic) bond motifs is 5. The molecule has 1 aromatic rings. The first-order valence-corrected chi connectivity index (χ1v) is 6.97. The summed E-state index contributed by atoms with van der Waals surface area (Å²) in [6.07, 6.45) is 2.97. The van der Waals surface area contributed by atoms with Gasteiger partial charge in [-0.3, -0.25) is 9.59 Å². The zero-order valence-electron chi connectivity index (χ0n) is 11.5. The minimum atomic E-state index is -1.08. The number of hydrogen-bond acceptors (Lipinski definition) is 5. The standard InChI is InChI=1S/C16H12N2O4/c17-7-9-1-3-10(4-2-9)18-14(20)12-11-5-6-16(8-19,22-11)13(12)15(18)21/h1-6,11-13,19H,8H2/t11-,12+,13+,16-/m1/s1. The number of anilines is 1. The smallest absolute Gasteiger partial charge is 0.241 e. The summed E-state index contributed by atoms with van der Waals surface area (Å²) in [5.41, 5.74) is -0.181. The number of nitrogens with zero attached hydrogens (tertiary/aromatic N) is 2. The Kier molecular flexibility index (Phi) is 2.55. The fraction of sp³-hybridized carbons (Fsp3) is 0.312. The highest BCUT2D eigenvalue weighted by Gasteiger charge is 2.67. The van der Waals surface area contributed by atoms with E-state index in [1.807, 2.05) is 6.07 Å². The Balaban J connectivity index is 1.74. The van der Waals surface area contributed by atoms with Crippen LogP contribution in [0.3, 0.4) is 0 Å². The van der Waals surface area contributed by atoms with Crippen LogP contribution in [0.2, 0.25) is 0 Å². The number of aliphatic hydroxyl groups is 1. The molecule has 2 amide bonds. The molecule has 1 N–H and O–H groups in total. The van der Waals surface area contributed by atoms with Crippen molar-refractivity contribution in [3.8, 4) is 6.07 Å². The summed E-state index contributed by atoms with van der Waals surface area (Å²) in [7, 11) is 0. The zero-order valence-corrected chi connectivity index (χ0v) is 11.5. The van der Waals surface area contributed by atoms with E-state index in [-0.39, 0.29) is 18.4 Å². The number of aliphatic hydroxyl groups excluding tert-OH is 1. The third-order valence-corrected chi connectivity index (χ3v) is 4.66. The van der Waals surface area contributed by atoms with Crippen LogP contribution in [0.25, 0.3) is 0 Å². The number of benzene rings is 1. The van der Waals surface area contributed by atoms with Crippen molar-refractivity contribution in [1.82, 2.24) is 0 Å². The van der Waals surface area contributed by atoms with Gasteiger partial charge in [-0.15, -0.1) is 0 Å². The maximum atomic E-state index is 12.7. The number of hydrogen-bond donors (Lipinski definition) is 1. The molecule has 1 aromatic carbocycles. The van der Waals surface area contributed by atoms with Crippen molar-refractivity contribution >= 4 is 17.5 Å². The molecule has 3 aliphatic rings. The number of carbonyl (C=O) groups excluding carboxylic acids is 2. The van der Waals surface area contributed by atoms with E-state index in [1.54, 1.807) is 36.4 Å². The van der Waals surface area contributed by atoms with Crippen LogP contribution in [0.5, 0.6) is 0 Å². The highest BCUT2D eigenvalue weighted by atomic mass is 16.5. The molecular formula is C16H12N2O4. The largest absolute Gasteiger partial charge is 0.393 e. The molecule has 4 atom stereocenters. The summed E-state index contributed by atoms with van der Waals surface area (Å²) in [5, 5.41) is 18.4. The predicted molar refractivity (Wildman–Crippen MR) is 74.5 cm³/mol. The summed E-state index contributed by atoms with van der Waals surface area (Å²) >= 11 is 0. The normalized spacial score (nSPS) is 35.1. The topological polar surface area (TPSA) is 90.6 Å². The average Bonchev–Trinajstić information content (AvgIpc) is 3.19. The number of carbonyl (C=O) groups is 2. The molecule has 3 aliphatic heterocycles. The van der Waals surface area contributed by atoms with E-state index in [0.717, 1.165) is 4.90 Å². The minimum Gasteiger partial charge on any atom is -0.393 e. The summed E-state index contributed by atoms with van der Waals surface area (Å²) in [6.45, 7) is -0.332. The second-order valence-corrected chi connectivity index (χ2v) is 5.73. The van der Waals surface area contributed by atoms with E-state index in [1.165, 1.54) is 0 Å². The molecule has 2 bridgehead atoms. The van der Waals surface area contributed by atoms with Gasteiger partial charge in [-0.25, -0.2) is 4.90 Å². The van der Waals surface area contributed by atoms with Crippen molar-refractivity contribution in [2.24, 2.45) is 11.8 Å². The molecule has 0 saturated carbocycles. The van der Waals surface area contributed by atoms with Gasteiger partial charge in [0.25, 0.3) is 0 Å². The number of ether oxygens (including phenoxy) is 1. The second kappa shape index (κ2) is 4.26. The van der Waals surface area contributed by atoms with Crippen LogP contribution in [-0.4, -0.2) is 35.2 Å². The predicted octanol–water partition coefficient (Wildman–Crippen LogP) is 0.364. The number of imide groups is 1. The van der Waals surface area contributed by atoms with Crippen molar-refractivity contribution in [3.05, 3.63) is 42.0 Å². The molecule has 6 nitrogen and oxygen atoms in total. The van der Waals surface area contributed by atoms with Gasteiger partial charge in [-0.2, -0.15) is 5.26 Å². The molecule has 110 valence electrons. The molecule has 0 aromatic heterocycles. The van der Waals surface area contributed by atoms with E-state index >= 15 is 0 Å². The fourth-order valence-electron chi connectivity index (χ4n) is 3.62. The summed E-state index contributed by atoms with van der Waals surface area (Å²) in [4.78, 5) is 26.5. The molecule has 6 heteroatoms. The van der Waals surface area contributed by atoms with Crippen LogP contribution in [0.4, 0.5) is 5.69 Å². The van der Waals surface area contributed by atoms with Crippen LogP contribution in [0.1, 0.15) is 5.56 Å². The molecule has 2 saturated heterocycles. The fourth-order valence-corrected chi connectivity index (χ4v) is 3.62. The van der Waals surface area contributed by atoms with Crippen LogP contribution in [-0.2, 0) is 14.3 Å². The Morgan fingerprint density at radius 2 is 2.00 bits per heavy atom. The molecule has 0 aliphatic carbocycles. The monoisotopic (exact) mass is 296 g/mol. The van der Waals surface area contributed by atoms with Gasteiger partial charge in [-0.1, -0.05) is 12.2 Å². The summed E-state index contributed by atoms with van der Waals surface area (Å²) in [6, 6.07) is 8.29. The molecule has 0 spiro atoms. The lowest BCUT2D eigenvalue weighted by molar-refractivity contribution is -0.128. The lowest BCUT2D eigenvalue weighted by Crippen LogP contribution is -2.43. The van der Waals surface area contributed by atoms with Gasteiger partial charge in [0, 0.05) is 0 Å². The lowest BCUT2D eigenvalue weighted by atomic mass is 9.77. The first-order chi connectivity index (χ1) is 10.6. The third-order valence-electron chi connectivity index (χ3n) is 4.66. The summed E-state index contributed by atoms with van der Waals surface area (Å²) in [5.74, 6) is -1.94.